The molecule has 1 aromatic heterocycles. The molecule has 2 N–H and O–H groups in total. The van der Waals surface area contributed by atoms with Crippen LogP contribution in [0, 0.1) is 11.8 Å². The average molecular weight is 267 g/mol. The van der Waals surface area contributed by atoms with Crippen LogP contribution >= 0.6 is 0 Å². The van der Waals surface area contributed by atoms with Crippen LogP contribution in [0.15, 0.2) is 43.0 Å². The number of aromatic nitrogens is 2. The molecule has 2 aromatic rings. The van der Waals surface area contributed by atoms with Crippen molar-refractivity contribution in [3.63, 3.8) is 0 Å². The van der Waals surface area contributed by atoms with Crippen LogP contribution in [0.5, 0.6) is 0 Å². The van der Waals surface area contributed by atoms with Crippen LogP contribution in [0.3, 0.4) is 0 Å². The van der Waals surface area contributed by atoms with Crippen LogP contribution in [0.4, 0.5) is 0 Å². The van der Waals surface area contributed by atoms with Gasteiger partial charge in [-0.2, -0.15) is 0 Å². The summed E-state index contributed by atoms with van der Waals surface area (Å²) in [6.45, 7) is 0.262. The molecule has 0 unspecified atom stereocenters. The predicted octanol–water partition coefficient (Wildman–Crippen LogP) is 0.750. The van der Waals surface area contributed by atoms with E-state index in [9.17, 15) is 4.79 Å². The molecule has 100 valence electrons. The molecule has 0 aliphatic heterocycles. The Balaban J connectivity index is 1.93. The number of aliphatic hydroxyl groups excluding tert-OH is 1. The van der Waals surface area contributed by atoms with Gasteiger partial charge in [-0.1, -0.05) is 24.0 Å². The van der Waals surface area contributed by atoms with Crippen LogP contribution < -0.4 is 5.32 Å². The van der Waals surface area contributed by atoms with E-state index in [4.69, 9.17) is 5.11 Å². The Kier molecular flexibility index (Phi) is 4.81. The molecule has 5 heteroatoms. The van der Waals surface area contributed by atoms with Crippen LogP contribution in [0.1, 0.15) is 21.5 Å². The average Bonchev–Trinajstić information content (AvgIpc) is 2.52. The second kappa shape index (κ2) is 7.02. The molecule has 0 fully saturated rings. The Labute approximate surface area is 116 Å². The quantitative estimate of drug-likeness (QED) is 0.805. The number of benzene rings is 1. The van der Waals surface area contributed by atoms with Crippen LogP contribution in [0.25, 0.3) is 0 Å². The van der Waals surface area contributed by atoms with Gasteiger partial charge >= 0.3 is 0 Å². The molecule has 0 saturated heterocycles. The van der Waals surface area contributed by atoms with Gasteiger partial charge in [0.25, 0.3) is 5.91 Å². The highest BCUT2D eigenvalue weighted by atomic mass is 16.2. The summed E-state index contributed by atoms with van der Waals surface area (Å²) in [4.78, 5) is 19.4. The first-order chi connectivity index (χ1) is 9.79. The SMILES string of the molecule is O=C(NCc1ccc(C#CCO)cc1)c1cncnc1. The zero-order valence-electron chi connectivity index (χ0n) is 10.7. The highest BCUT2D eigenvalue weighted by Crippen LogP contribution is 2.03. The third-order valence-electron chi connectivity index (χ3n) is 2.54. The maximum absolute atomic E-state index is 11.8. The minimum absolute atomic E-state index is 0.156. The van der Waals surface area contributed by atoms with E-state index in [1.165, 1.54) is 18.7 Å². The van der Waals surface area contributed by atoms with Gasteiger partial charge in [0.2, 0.25) is 0 Å². The van der Waals surface area contributed by atoms with Gasteiger partial charge in [-0.25, -0.2) is 9.97 Å². The molecular weight excluding hydrogens is 254 g/mol. The van der Waals surface area contributed by atoms with Crippen molar-refractivity contribution < 1.29 is 9.90 Å². The van der Waals surface area contributed by atoms with Gasteiger partial charge in [-0.05, 0) is 17.7 Å². The van der Waals surface area contributed by atoms with Crippen LogP contribution in [0.2, 0.25) is 0 Å². The predicted molar refractivity (Wildman–Crippen MR) is 73.6 cm³/mol. The Bertz CT molecular complexity index is 628. The summed E-state index contributed by atoms with van der Waals surface area (Å²) < 4.78 is 0. The van der Waals surface area contributed by atoms with E-state index < -0.39 is 0 Å². The van der Waals surface area contributed by atoms with Gasteiger partial charge in [0.15, 0.2) is 0 Å². The number of nitrogens with one attached hydrogen (secondary N) is 1. The topological polar surface area (TPSA) is 75.1 Å². The maximum atomic E-state index is 11.8. The Morgan fingerprint density at radius 1 is 1.20 bits per heavy atom. The maximum Gasteiger partial charge on any atom is 0.254 e. The number of rotatable bonds is 3. The largest absolute Gasteiger partial charge is 0.384 e. The smallest absolute Gasteiger partial charge is 0.254 e. The molecule has 0 radical (unpaired) electrons. The third kappa shape index (κ3) is 3.90. The van der Waals surface area contributed by atoms with Crippen molar-refractivity contribution in [1.29, 1.82) is 0 Å². The summed E-state index contributed by atoms with van der Waals surface area (Å²) in [6, 6.07) is 7.44. The highest BCUT2D eigenvalue weighted by molar-refractivity contribution is 5.93. The molecule has 20 heavy (non-hydrogen) atoms. The van der Waals surface area contributed by atoms with Crippen LogP contribution in [-0.4, -0.2) is 27.6 Å². The minimum Gasteiger partial charge on any atom is -0.384 e. The second-order valence-electron chi connectivity index (χ2n) is 3.97. The van der Waals surface area contributed by atoms with Crippen LogP contribution in [-0.2, 0) is 6.54 Å². The Morgan fingerprint density at radius 2 is 1.90 bits per heavy atom. The number of carbonyl (C=O) groups is 1. The van der Waals surface area contributed by atoms with Crippen molar-refractivity contribution >= 4 is 5.91 Å². The molecule has 5 nitrogen and oxygen atoms in total. The fraction of sp³-hybridized carbons (Fsp3) is 0.133. The monoisotopic (exact) mass is 267 g/mol. The van der Waals surface area contributed by atoms with E-state index in [2.05, 4.69) is 27.1 Å². The standard InChI is InChI=1S/C15H13N3O2/c19-7-1-2-12-3-5-13(6-4-12)8-18-15(20)14-9-16-11-17-10-14/h3-6,9-11,19H,7-8H2,(H,18,20). The first-order valence-corrected chi connectivity index (χ1v) is 6.01. The fourth-order valence-electron chi connectivity index (χ4n) is 1.55. The summed E-state index contributed by atoms with van der Waals surface area (Å²) >= 11 is 0. The van der Waals surface area contributed by atoms with E-state index in [0.29, 0.717) is 12.1 Å². The molecule has 0 bridgehead atoms. The summed E-state index contributed by atoms with van der Waals surface area (Å²) in [5.41, 5.74) is 2.22. The van der Waals surface area contributed by atoms with Crippen molar-refractivity contribution in [1.82, 2.24) is 15.3 Å². The number of carbonyl (C=O) groups excluding carboxylic acids is 1. The lowest BCUT2D eigenvalue weighted by atomic mass is 10.1. The number of amides is 1. The van der Waals surface area contributed by atoms with E-state index in [-0.39, 0.29) is 12.5 Å². The fourth-order valence-corrected chi connectivity index (χ4v) is 1.55. The molecule has 0 spiro atoms. The number of aliphatic hydroxyl groups is 1. The summed E-state index contributed by atoms with van der Waals surface area (Å²) in [6.07, 6.45) is 4.31. The lowest BCUT2D eigenvalue weighted by Crippen LogP contribution is -2.23. The highest BCUT2D eigenvalue weighted by Gasteiger charge is 2.04. The molecule has 1 amide bonds. The number of hydrogen-bond acceptors (Lipinski definition) is 4. The molecule has 0 saturated carbocycles. The van der Waals surface area contributed by atoms with E-state index in [0.717, 1.165) is 11.1 Å². The van der Waals surface area contributed by atoms with E-state index in [1.807, 2.05) is 24.3 Å². The Morgan fingerprint density at radius 3 is 2.55 bits per heavy atom. The van der Waals surface area contributed by atoms with Crippen molar-refractivity contribution in [2.24, 2.45) is 0 Å². The first-order valence-electron chi connectivity index (χ1n) is 6.01. The molecule has 0 aliphatic rings. The van der Waals surface area contributed by atoms with Crippen molar-refractivity contribution in [3.05, 3.63) is 59.7 Å². The van der Waals surface area contributed by atoms with Gasteiger partial charge in [0.1, 0.15) is 12.9 Å². The number of nitrogens with zero attached hydrogens (tertiary/aromatic N) is 2. The molecule has 2 rings (SSSR count). The first kappa shape index (κ1) is 13.7. The van der Waals surface area contributed by atoms with Gasteiger partial charge in [-0.15, -0.1) is 0 Å². The van der Waals surface area contributed by atoms with Crippen molar-refractivity contribution in [3.8, 4) is 11.8 Å². The van der Waals surface area contributed by atoms with Crippen molar-refractivity contribution in [2.45, 2.75) is 6.54 Å². The zero-order chi connectivity index (χ0) is 14.2. The summed E-state index contributed by atoms with van der Waals surface area (Å²) in [5, 5.41) is 11.4. The second-order valence-corrected chi connectivity index (χ2v) is 3.97. The summed E-state index contributed by atoms with van der Waals surface area (Å²) in [7, 11) is 0. The van der Waals surface area contributed by atoms with Gasteiger partial charge in [0.05, 0.1) is 5.56 Å². The summed E-state index contributed by atoms with van der Waals surface area (Å²) in [5.74, 6) is 5.17. The molecule has 0 atom stereocenters. The molecule has 1 aromatic carbocycles. The zero-order valence-corrected chi connectivity index (χ0v) is 10.7. The van der Waals surface area contributed by atoms with Gasteiger partial charge in [-0.3, -0.25) is 4.79 Å². The lowest BCUT2D eigenvalue weighted by Gasteiger charge is -2.04. The molecular formula is C15H13N3O2. The third-order valence-corrected chi connectivity index (χ3v) is 2.54. The molecule has 1 heterocycles. The minimum atomic E-state index is -0.213. The van der Waals surface area contributed by atoms with Crippen molar-refractivity contribution in [2.75, 3.05) is 6.61 Å². The van der Waals surface area contributed by atoms with E-state index in [1.54, 1.807) is 0 Å². The van der Waals surface area contributed by atoms with Gasteiger partial charge < -0.3 is 10.4 Å². The number of hydrogen-bond donors (Lipinski definition) is 2. The van der Waals surface area contributed by atoms with Gasteiger partial charge in [0, 0.05) is 24.5 Å². The lowest BCUT2D eigenvalue weighted by molar-refractivity contribution is 0.0950. The normalized spacial score (nSPS) is 9.45. The molecule has 0 aliphatic carbocycles. The van der Waals surface area contributed by atoms with E-state index >= 15 is 0 Å². The Hall–Kier alpha value is -2.71.